The molecule has 0 unspecified atom stereocenters. The molecule has 0 aliphatic carbocycles. The van der Waals surface area contributed by atoms with Gasteiger partial charge in [0, 0.05) is 11.1 Å². The van der Waals surface area contributed by atoms with E-state index in [1.807, 2.05) is 12.1 Å². The SMILES string of the molecule is N[C@@H]1N=C(c2cccc(F)c2)c2ccccc2NC1=O. The number of fused-ring (bicyclic) bond motifs is 1. The Morgan fingerprint density at radius 1 is 1.15 bits per heavy atom. The van der Waals surface area contributed by atoms with Gasteiger partial charge >= 0.3 is 0 Å². The van der Waals surface area contributed by atoms with E-state index in [1.54, 1.807) is 24.3 Å². The van der Waals surface area contributed by atoms with Crippen LogP contribution in [0.15, 0.2) is 53.5 Å². The highest BCUT2D eigenvalue weighted by Gasteiger charge is 2.22. The summed E-state index contributed by atoms with van der Waals surface area (Å²) in [6, 6.07) is 13.3. The number of amides is 1. The van der Waals surface area contributed by atoms with Crippen LogP contribution < -0.4 is 11.1 Å². The fourth-order valence-corrected chi connectivity index (χ4v) is 2.14. The van der Waals surface area contributed by atoms with Crippen molar-refractivity contribution in [2.24, 2.45) is 10.7 Å². The van der Waals surface area contributed by atoms with E-state index in [0.29, 0.717) is 17.0 Å². The fourth-order valence-electron chi connectivity index (χ4n) is 2.14. The summed E-state index contributed by atoms with van der Waals surface area (Å²) in [6.45, 7) is 0. The Morgan fingerprint density at radius 2 is 1.95 bits per heavy atom. The summed E-state index contributed by atoms with van der Waals surface area (Å²) in [4.78, 5) is 16.0. The highest BCUT2D eigenvalue weighted by Crippen LogP contribution is 2.23. The summed E-state index contributed by atoms with van der Waals surface area (Å²) >= 11 is 0. The quantitative estimate of drug-likeness (QED) is 0.830. The van der Waals surface area contributed by atoms with Crippen molar-refractivity contribution in [1.82, 2.24) is 0 Å². The molecule has 20 heavy (non-hydrogen) atoms. The van der Waals surface area contributed by atoms with Crippen LogP contribution >= 0.6 is 0 Å². The number of carbonyl (C=O) groups excluding carboxylic acids is 1. The lowest BCUT2D eigenvalue weighted by Crippen LogP contribution is -2.33. The maximum Gasteiger partial charge on any atom is 0.263 e. The first kappa shape index (κ1) is 12.5. The summed E-state index contributed by atoms with van der Waals surface area (Å²) in [7, 11) is 0. The second-order valence-corrected chi connectivity index (χ2v) is 4.47. The van der Waals surface area contributed by atoms with Crippen LogP contribution in [0.3, 0.4) is 0 Å². The summed E-state index contributed by atoms with van der Waals surface area (Å²) in [5, 5.41) is 2.71. The van der Waals surface area contributed by atoms with Crippen molar-refractivity contribution in [1.29, 1.82) is 0 Å². The number of nitrogens with one attached hydrogen (secondary N) is 1. The normalized spacial score (nSPS) is 17.8. The van der Waals surface area contributed by atoms with E-state index in [2.05, 4.69) is 10.3 Å². The van der Waals surface area contributed by atoms with Crippen molar-refractivity contribution in [3.63, 3.8) is 0 Å². The number of benzene rings is 2. The van der Waals surface area contributed by atoms with E-state index in [4.69, 9.17) is 5.73 Å². The van der Waals surface area contributed by atoms with Crippen molar-refractivity contribution in [2.45, 2.75) is 6.17 Å². The molecule has 0 spiro atoms. The first-order valence-corrected chi connectivity index (χ1v) is 6.15. The molecule has 1 atom stereocenters. The van der Waals surface area contributed by atoms with Crippen molar-refractivity contribution in [3.8, 4) is 0 Å². The molecule has 5 heteroatoms. The number of halogens is 1. The molecular weight excluding hydrogens is 257 g/mol. The molecule has 2 aromatic carbocycles. The Morgan fingerprint density at radius 3 is 2.75 bits per heavy atom. The largest absolute Gasteiger partial charge is 0.322 e. The molecule has 0 saturated heterocycles. The second-order valence-electron chi connectivity index (χ2n) is 4.47. The third-order valence-corrected chi connectivity index (χ3v) is 3.07. The van der Waals surface area contributed by atoms with Crippen molar-refractivity contribution >= 4 is 17.3 Å². The molecule has 2 aromatic rings. The molecule has 3 rings (SSSR count). The highest BCUT2D eigenvalue weighted by atomic mass is 19.1. The smallest absolute Gasteiger partial charge is 0.263 e. The van der Waals surface area contributed by atoms with Crippen LogP contribution in [-0.4, -0.2) is 17.8 Å². The number of rotatable bonds is 1. The topological polar surface area (TPSA) is 67.5 Å². The van der Waals surface area contributed by atoms with Crippen LogP contribution in [0.1, 0.15) is 11.1 Å². The first-order valence-electron chi connectivity index (χ1n) is 6.15. The minimum absolute atomic E-state index is 0.361. The maximum atomic E-state index is 13.4. The van der Waals surface area contributed by atoms with Crippen LogP contribution in [-0.2, 0) is 4.79 Å². The van der Waals surface area contributed by atoms with Gasteiger partial charge in [-0.1, -0.05) is 30.3 Å². The average Bonchev–Trinajstić information content (AvgIpc) is 2.57. The molecule has 1 aliphatic rings. The molecule has 1 amide bonds. The minimum Gasteiger partial charge on any atom is -0.322 e. The van der Waals surface area contributed by atoms with E-state index < -0.39 is 6.17 Å². The first-order chi connectivity index (χ1) is 9.65. The molecule has 0 saturated carbocycles. The molecular formula is C15H12FN3O. The number of nitrogens with zero attached hydrogens (tertiary/aromatic N) is 1. The van der Waals surface area contributed by atoms with Gasteiger partial charge in [0.25, 0.3) is 5.91 Å². The zero-order valence-corrected chi connectivity index (χ0v) is 10.5. The van der Waals surface area contributed by atoms with Gasteiger partial charge in [-0.25, -0.2) is 4.39 Å². The monoisotopic (exact) mass is 269 g/mol. The van der Waals surface area contributed by atoms with Crippen LogP contribution in [0, 0.1) is 5.82 Å². The number of benzodiazepines with no additional fused rings is 1. The van der Waals surface area contributed by atoms with Crippen molar-refractivity contribution in [2.75, 3.05) is 5.32 Å². The Balaban J connectivity index is 2.21. The van der Waals surface area contributed by atoms with Gasteiger partial charge in [0.15, 0.2) is 6.17 Å². The zero-order valence-electron chi connectivity index (χ0n) is 10.5. The predicted octanol–water partition coefficient (Wildman–Crippen LogP) is 1.90. The number of aliphatic imine (C=N–C) groups is 1. The van der Waals surface area contributed by atoms with E-state index >= 15 is 0 Å². The number of carbonyl (C=O) groups is 1. The lowest BCUT2D eigenvalue weighted by atomic mass is 10.0. The summed E-state index contributed by atoms with van der Waals surface area (Å²) in [5.74, 6) is -0.747. The predicted molar refractivity (Wildman–Crippen MR) is 75.1 cm³/mol. The Bertz CT molecular complexity index is 712. The van der Waals surface area contributed by atoms with Gasteiger partial charge in [0.2, 0.25) is 0 Å². The van der Waals surface area contributed by atoms with Gasteiger partial charge in [0.05, 0.1) is 11.4 Å². The van der Waals surface area contributed by atoms with Crippen molar-refractivity contribution in [3.05, 3.63) is 65.5 Å². The number of hydrogen-bond donors (Lipinski definition) is 2. The number of para-hydroxylation sites is 1. The van der Waals surface area contributed by atoms with Gasteiger partial charge in [-0.2, -0.15) is 0 Å². The molecule has 100 valence electrons. The highest BCUT2D eigenvalue weighted by molar-refractivity contribution is 6.19. The molecule has 4 nitrogen and oxygen atoms in total. The standard InChI is InChI=1S/C15H12FN3O/c16-10-5-3-4-9(8-10)13-11-6-1-2-7-12(11)18-15(20)14(17)19-13/h1-8,14H,17H2,(H,18,20)/t14-/m1/s1. The second kappa shape index (κ2) is 4.86. The van der Waals surface area contributed by atoms with Gasteiger partial charge in [-0.3, -0.25) is 9.79 Å². The molecule has 0 fully saturated rings. The molecule has 0 aromatic heterocycles. The Hall–Kier alpha value is -2.53. The van der Waals surface area contributed by atoms with E-state index in [9.17, 15) is 9.18 Å². The van der Waals surface area contributed by atoms with Crippen LogP contribution in [0.5, 0.6) is 0 Å². The van der Waals surface area contributed by atoms with E-state index in [-0.39, 0.29) is 11.7 Å². The fraction of sp³-hybridized carbons (Fsp3) is 0.0667. The minimum atomic E-state index is -1.01. The van der Waals surface area contributed by atoms with Gasteiger partial charge in [-0.05, 0) is 18.2 Å². The molecule has 1 aliphatic heterocycles. The van der Waals surface area contributed by atoms with Crippen molar-refractivity contribution < 1.29 is 9.18 Å². The maximum absolute atomic E-state index is 13.4. The number of anilines is 1. The molecule has 0 bridgehead atoms. The lowest BCUT2D eigenvalue weighted by Gasteiger charge is -2.09. The van der Waals surface area contributed by atoms with Crippen LogP contribution in [0.2, 0.25) is 0 Å². The van der Waals surface area contributed by atoms with Gasteiger partial charge < -0.3 is 11.1 Å². The third kappa shape index (κ3) is 2.19. The van der Waals surface area contributed by atoms with Crippen LogP contribution in [0.4, 0.5) is 10.1 Å². The van der Waals surface area contributed by atoms with Crippen LogP contribution in [0.25, 0.3) is 0 Å². The molecule has 0 radical (unpaired) electrons. The average molecular weight is 269 g/mol. The number of nitrogens with two attached hydrogens (primary N) is 1. The molecule has 3 N–H and O–H groups in total. The zero-order chi connectivity index (χ0) is 14.1. The third-order valence-electron chi connectivity index (χ3n) is 3.07. The Kier molecular flexibility index (Phi) is 3.04. The van der Waals surface area contributed by atoms with Gasteiger partial charge in [-0.15, -0.1) is 0 Å². The summed E-state index contributed by atoms with van der Waals surface area (Å²) < 4.78 is 13.4. The lowest BCUT2D eigenvalue weighted by molar-refractivity contribution is -0.117. The van der Waals surface area contributed by atoms with Gasteiger partial charge in [0.1, 0.15) is 5.82 Å². The van der Waals surface area contributed by atoms with E-state index in [1.165, 1.54) is 12.1 Å². The molecule has 1 heterocycles. The number of hydrogen-bond acceptors (Lipinski definition) is 3. The van der Waals surface area contributed by atoms with E-state index in [0.717, 1.165) is 5.56 Å². The Labute approximate surface area is 115 Å². The summed E-state index contributed by atoms with van der Waals surface area (Å²) in [5.41, 5.74) is 8.16. The summed E-state index contributed by atoms with van der Waals surface area (Å²) in [6.07, 6.45) is -1.01.